The topological polar surface area (TPSA) is 87.0 Å². The summed E-state index contributed by atoms with van der Waals surface area (Å²) in [7, 11) is 0. The second-order valence-corrected chi connectivity index (χ2v) is 5.78. The number of benzene rings is 2. The van der Waals surface area contributed by atoms with Gasteiger partial charge in [-0.3, -0.25) is 4.79 Å². The molecule has 5 heteroatoms. The number of aliphatic carboxylic acids is 1. The summed E-state index contributed by atoms with van der Waals surface area (Å²) >= 11 is 0. The fourth-order valence-electron chi connectivity index (χ4n) is 2.56. The highest BCUT2D eigenvalue weighted by Gasteiger charge is 2.22. The molecule has 0 spiro atoms. The van der Waals surface area contributed by atoms with Crippen LogP contribution in [0.25, 0.3) is 0 Å². The van der Waals surface area contributed by atoms with Crippen molar-refractivity contribution in [2.45, 2.75) is 32.6 Å². The average Bonchev–Trinajstić information content (AvgIpc) is 2.52. The van der Waals surface area contributed by atoms with Gasteiger partial charge in [-0.1, -0.05) is 25.1 Å². The molecule has 0 heterocycles. The Bertz CT molecular complexity index is 724. The summed E-state index contributed by atoms with van der Waals surface area (Å²) < 4.78 is 5.62. The molecule has 0 bridgehead atoms. The predicted octanol–water partition coefficient (Wildman–Crippen LogP) is 3.61. The van der Waals surface area contributed by atoms with Crippen molar-refractivity contribution in [2.75, 3.05) is 6.61 Å². The summed E-state index contributed by atoms with van der Waals surface area (Å²) in [6, 6.07) is 9.51. The number of phenols is 2. The predicted molar refractivity (Wildman–Crippen MR) is 90.8 cm³/mol. The van der Waals surface area contributed by atoms with E-state index in [0.717, 1.165) is 17.7 Å². The Morgan fingerprint density at radius 1 is 1.17 bits per heavy atom. The minimum atomic E-state index is -0.968. The molecule has 2 rings (SSSR count). The van der Waals surface area contributed by atoms with E-state index >= 15 is 0 Å². The number of aryl methyl sites for hydroxylation is 1. The first-order chi connectivity index (χ1) is 11.4. The Kier molecular flexibility index (Phi) is 5.68. The highest BCUT2D eigenvalue weighted by atomic mass is 16.5. The summed E-state index contributed by atoms with van der Waals surface area (Å²) in [5, 5.41) is 28.8. The third kappa shape index (κ3) is 4.19. The lowest BCUT2D eigenvalue weighted by atomic mass is 9.90. The number of carboxylic acid groups (broad SMARTS) is 1. The van der Waals surface area contributed by atoms with E-state index in [9.17, 15) is 20.1 Å². The van der Waals surface area contributed by atoms with Gasteiger partial charge in [0.05, 0.1) is 12.5 Å². The standard InChI is InChI=1S/C19H22O5/c1-3-8-24-18-7-5-13(9-12(18)2)16(19(22)23)10-14-4-6-15(20)11-17(14)21/h4-7,9,11,16,20-21H,3,8,10H2,1-2H3,(H,22,23). The van der Waals surface area contributed by atoms with Gasteiger partial charge in [-0.15, -0.1) is 0 Å². The Hall–Kier alpha value is -2.69. The average molecular weight is 330 g/mol. The first-order valence-electron chi connectivity index (χ1n) is 7.89. The van der Waals surface area contributed by atoms with E-state index in [1.54, 1.807) is 18.2 Å². The van der Waals surface area contributed by atoms with Gasteiger partial charge in [-0.25, -0.2) is 0 Å². The van der Waals surface area contributed by atoms with Crippen molar-refractivity contribution in [1.82, 2.24) is 0 Å². The number of carbonyl (C=O) groups is 1. The number of phenolic OH excluding ortho intramolecular Hbond substituents is 2. The quantitative estimate of drug-likeness (QED) is 0.722. The summed E-state index contributed by atoms with van der Waals surface area (Å²) in [5.74, 6) is -1.18. The van der Waals surface area contributed by atoms with E-state index in [0.29, 0.717) is 17.7 Å². The molecule has 0 saturated heterocycles. The number of ether oxygens (including phenoxy) is 1. The summed E-state index contributed by atoms with van der Waals surface area (Å²) in [4.78, 5) is 11.7. The number of hydrogen-bond acceptors (Lipinski definition) is 4. The molecule has 24 heavy (non-hydrogen) atoms. The smallest absolute Gasteiger partial charge is 0.311 e. The summed E-state index contributed by atoms with van der Waals surface area (Å²) in [6.45, 7) is 4.52. The third-order valence-corrected chi connectivity index (χ3v) is 3.85. The molecule has 2 aromatic carbocycles. The van der Waals surface area contributed by atoms with Gasteiger partial charge >= 0.3 is 5.97 Å². The van der Waals surface area contributed by atoms with Gasteiger partial charge in [-0.2, -0.15) is 0 Å². The van der Waals surface area contributed by atoms with Crippen molar-refractivity contribution < 1.29 is 24.9 Å². The molecule has 0 aliphatic carbocycles. The van der Waals surface area contributed by atoms with Gasteiger partial charge in [-0.05, 0) is 48.6 Å². The Morgan fingerprint density at radius 3 is 2.50 bits per heavy atom. The highest BCUT2D eigenvalue weighted by Crippen LogP contribution is 2.31. The molecular formula is C19H22O5. The van der Waals surface area contributed by atoms with Crippen LogP contribution in [0.15, 0.2) is 36.4 Å². The largest absolute Gasteiger partial charge is 0.508 e. The SMILES string of the molecule is CCCOc1ccc(C(Cc2ccc(O)cc2O)C(=O)O)cc1C. The zero-order valence-electron chi connectivity index (χ0n) is 13.8. The Balaban J connectivity index is 2.27. The van der Waals surface area contributed by atoms with Gasteiger partial charge < -0.3 is 20.1 Å². The van der Waals surface area contributed by atoms with Crippen LogP contribution in [0.5, 0.6) is 17.2 Å². The first kappa shape index (κ1) is 17.7. The van der Waals surface area contributed by atoms with Gasteiger partial charge in [0.15, 0.2) is 0 Å². The maximum atomic E-state index is 11.7. The molecular weight excluding hydrogens is 308 g/mol. The van der Waals surface area contributed by atoms with Gasteiger partial charge in [0.2, 0.25) is 0 Å². The normalized spacial score (nSPS) is 11.9. The minimum absolute atomic E-state index is 0.0589. The summed E-state index contributed by atoms with van der Waals surface area (Å²) in [5.41, 5.74) is 2.00. The summed E-state index contributed by atoms with van der Waals surface area (Å²) in [6.07, 6.45) is 1.04. The van der Waals surface area contributed by atoms with E-state index in [-0.39, 0.29) is 17.9 Å². The molecule has 0 aliphatic heterocycles. The van der Waals surface area contributed by atoms with Crippen molar-refractivity contribution in [3.8, 4) is 17.2 Å². The van der Waals surface area contributed by atoms with E-state index in [1.807, 2.05) is 13.8 Å². The van der Waals surface area contributed by atoms with Gasteiger partial charge in [0, 0.05) is 6.07 Å². The second kappa shape index (κ2) is 7.73. The molecule has 5 nitrogen and oxygen atoms in total. The monoisotopic (exact) mass is 330 g/mol. The first-order valence-corrected chi connectivity index (χ1v) is 7.89. The maximum Gasteiger partial charge on any atom is 0.311 e. The van der Waals surface area contributed by atoms with Crippen LogP contribution < -0.4 is 4.74 Å². The molecule has 2 aromatic rings. The van der Waals surface area contributed by atoms with Crippen LogP contribution >= 0.6 is 0 Å². The van der Waals surface area contributed by atoms with Crippen LogP contribution in [-0.4, -0.2) is 27.9 Å². The van der Waals surface area contributed by atoms with E-state index in [1.165, 1.54) is 18.2 Å². The van der Waals surface area contributed by atoms with Crippen LogP contribution in [0.4, 0.5) is 0 Å². The van der Waals surface area contributed by atoms with Crippen molar-refractivity contribution in [2.24, 2.45) is 0 Å². The fraction of sp³-hybridized carbons (Fsp3) is 0.316. The Morgan fingerprint density at radius 2 is 1.92 bits per heavy atom. The van der Waals surface area contributed by atoms with Crippen LogP contribution in [0, 0.1) is 6.92 Å². The van der Waals surface area contributed by atoms with Gasteiger partial charge in [0.25, 0.3) is 0 Å². The fourth-order valence-corrected chi connectivity index (χ4v) is 2.56. The molecule has 0 amide bonds. The molecule has 1 unspecified atom stereocenters. The second-order valence-electron chi connectivity index (χ2n) is 5.78. The molecule has 0 saturated carbocycles. The number of hydrogen-bond donors (Lipinski definition) is 3. The van der Waals surface area contributed by atoms with Crippen molar-refractivity contribution >= 4 is 5.97 Å². The van der Waals surface area contributed by atoms with Crippen LogP contribution in [0.2, 0.25) is 0 Å². The van der Waals surface area contributed by atoms with Crippen LogP contribution in [0.1, 0.15) is 36.0 Å². The van der Waals surface area contributed by atoms with E-state index < -0.39 is 11.9 Å². The van der Waals surface area contributed by atoms with Crippen molar-refractivity contribution in [3.63, 3.8) is 0 Å². The zero-order valence-corrected chi connectivity index (χ0v) is 13.8. The molecule has 128 valence electrons. The lowest BCUT2D eigenvalue weighted by Crippen LogP contribution is -2.15. The van der Waals surface area contributed by atoms with Crippen molar-refractivity contribution in [1.29, 1.82) is 0 Å². The minimum Gasteiger partial charge on any atom is -0.508 e. The number of carboxylic acids is 1. The molecule has 3 N–H and O–H groups in total. The lowest BCUT2D eigenvalue weighted by molar-refractivity contribution is -0.138. The molecule has 0 aromatic heterocycles. The highest BCUT2D eigenvalue weighted by molar-refractivity contribution is 5.77. The maximum absolute atomic E-state index is 11.7. The van der Waals surface area contributed by atoms with Gasteiger partial charge in [0.1, 0.15) is 17.2 Å². The molecule has 0 fully saturated rings. The van der Waals surface area contributed by atoms with E-state index in [2.05, 4.69) is 0 Å². The van der Waals surface area contributed by atoms with E-state index in [4.69, 9.17) is 4.74 Å². The molecule has 0 aliphatic rings. The zero-order chi connectivity index (χ0) is 17.7. The lowest BCUT2D eigenvalue weighted by Gasteiger charge is -2.16. The Labute approximate surface area is 141 Å². The molecule has 0 radical (unpaired) electrons. The third-order valence-electron chi connectivity index (χ3n) is 3.85. The number of aromatic hydroxyl groups is 2. The number of rotatable bonds is 7. The van der Waals surface area contributed by atoms with Crippen LogP contribution in [-0.2, 0) is 11.2 Å². The van der Waals surface area contributed by atoms with Crippen molar-refractivity contribution in [3.05, 3.63) is 53.1 Å². The van der Waals surface area contributed by atoms with Crippen LogP contribution in [0.3, 0.4) is 0 Å². The molecule has 1 atom stereocenters.